The third kappa shape index (κ3) is 3.03. The van der Waals surface area contributed by atoms with Crippen LogP contribution in [-0.4, -0.2) is 9.97 Å². The molecule has 0 saturated heterocycles. The molecule has 0 bridgehead atoms. The molecule has 4 nitrogen and oxygen atoms in total. The first-order chi connectivity index (χ1) is 8.56. The smallest absolute Gasteiger partial charge is 0.220 e. The number of nitrogen functional groups attached to an aromatic ring is 1. The van der Waals surface area contributed by atoms with Gasteiger partial charge in [-0.25, -0.2) is 9.97 Å². The SMILES string of the molecule is CC(Oc1cc(Cl)ccc1Cl)c1ccnc(N)n1. The molecule has 1 atom stereocenters. The van der Waals surface area contributed by atoms with Crippen LogP contribution in [0.5, 0.6) is 5.75 Å². The second-order valence-corrected chi connectivity index (χ2v) is 4.52. The number of anilines is 1. The molecule has 0 radical (unpaired) electrons. The number of nitrogens with zero attached hydrogens (tertiary/aromatic N) is 2. The molecule has 94 valence electrons. The Labute approximate surface area is 115 Å². The first kappa shape index (κ1) is 12.9. The fraction of sp³-hybridized carbons (Fsp3) is 0.167. The summed E-state index contributed by atoms with van der Waals surface area (Å²) in [4.78, 5) is 7.91. The molecule has 0 aliphatic rings. The highest BCUT2D eigenvalue weighted by Gasteiger charge is 2.12. The average molecular weight is 284 g/mol. The normalized spacial score (nSPS) is 12.2. The van der Waals surface area contributed by atoms with E-state index in [-0.39, 0.29) is 12.1 Å². The van der Waals surface area contributed by atoms with E-state index in [2.05, 4.69) is 9.97 Å². The Bertz CT molecular complexity index is 563. The Morgan fingerprint density at radius 3 is 2.78 bits per heavy atom. The van der Waals surface area contributed by atoms with Crippen LogP contribution in [0.2, 0.25) is 10.0 Å². The quantitative estimate of drug-likeness (QED) is 0.937. The number of aromatic nitrogens is 2. The third-order valence-corrected chi connectivity index (χ3v) is 2.86. The van der Waals surface area contributed by atoms with Crippen molar-refractivity contribution in [2.45, 2.75) is 13.0 Å². The highest BCUT2D eigenvalue weighted by atomic mass is 35.5. The van der Waals surface area contributed by atoms with Crippen molar-refractivity contribution < 1.29 is 4.74 Å². The van der Waals surface area contributed by atoms with Crippen molar-refractivity contribution in [2.75, 3.05) is 5.73 Å². The van der Waals surface area contributed by atoms with E-state index >= 15 is 0 Å². The van der Waals surface area contributed by atoms with Crippen molar-refractivity contribution in [3.63, 3.8) is 0 Å². The maximum atomic E-state index is 6.02. The number of nitrogens with two attached hydrogens (primary N) is 1. The van der Waals surface area contributed by atoms with Crippen molar-refractivity contribution in [1.29, 1.82) is 0 Å². The Hall–Kier alpha value is -1.52. The minimum absolute atomic E-state index is 0.208. The highest BCUT2D eigenvalue weighted by Crippen LogP contribution is 2.31. The molecular formula is C12H11Cl2N3O. The Balaban J connectivity index is 2.21. The fourth-order valence-corrected chi connectivity index (χ4v) is 1.76. The van der Waals surface area contributed by atoms with E-state index in [0.29, 0.717) is 21.5 Å². The lowest BCUT2D eigenvalue weighted by atomic mass is 10.2. The van der Waals surface area contributed by atoms with Crippen LogP contribution in [0, 0.1) is 0 Å². The number of hydrogen-bond acceptors (Lipinski definition) is 4. The van der Waals surface area contributed by atoms with Gasteiger partial charge < -0.3 is 10.5 Å². The molecule has 0 spiro atoms. The summed E-state index contributed by atoms with van der Waals surface area (Å²) < 4.78 is 5.70. The van der Waals surface area contributed by atoms with Crippen molar-refractivity contribution >= 4 is 29.2 Å². The molecule has 1 aromatic carbocycles. The summed E-state index contributed by atoms with van der Waals surface area (Å²) >= 11 is 11.9. The molecule has 0 fully saturated rings. The second kappa shape index (κ2) is 5.42. The average Bonchev–Trinajstić information content (AvgIpc) is 2.34. The van der Waals surface area contributed by atoms with Crippen molar-refractivity contribution in [2.24, 2.45) is 0 Å². The molecule has 0 saturated carbocycles. The Kier molecular flexibility index (Phi) is 3.89. The van der Waals surface area contributed by atoms with Gasteiger partial charge in [-0.15, -0.1) is 0 Å². The van der Waals surface area contributed by atoms with Gasteiger partial charge in [-0.05, 0) is 25.1 Å². The fourth-order valence-electron chi connectivity index (χ4n) is 1.43. The first-order valence-corrected chi connectivity index (χ1v) is 6.02. The second-order valence-electron chi connectivity index (χ2n) is 3.67. The number of benzene rings is 1. The summed E-state index contributed by atoms with van der Waals surface area (Å²) in [5, 5.41) is 1.05. The molecule has 2 N–H and O–H groups in total. The number of hydrogen-bond donors (Lipinski definition) is 1. The summed E-state index contributed by atoms with van der Waals surface area (Å²) in [5.41, 5.74) is 6.20. The van der Waals surface area contributed by atoms with E-state index in [1.54, 1.807) is 30.5 Å². The topological polar surface area (TPSA) is 61.0 Å². The van der Waals surface area contributed by atoms with Gasteiger partial charge in [-0.2, -0.15) is 0 Å². The molecule has 2 aromatic rings. The summed E-state index contributed by atoms with van der Waals surface area (Å²) in [7, 11) is 0. The van der Waals surface area contributed by atoms with Gasteiger partial charge in [-0.1, -0.05) is 23.2 Å². The van der Waals surface area contributed by atoms with Crippen LogP contribution >= 0.6 is 23.2 Å². The van der Waals surface area contributed by atoms with Crippen LogP contribution in [-0.2, 0) is 0 Å². The zero-order valence-electron chi connectivity index (χ0n) is 9.60. The van der Waals surface area contributed by atoms with Gasteiger partial charge in [0.25, 0.3) is 0 Å². The van der Waals surface area contributed by atoms with E-state index in [1.807, 2.05) is 6.92 Å². The van der Waals surface area contributed by atoms with Crippen LogP contribution in [0.3, 0.4) is 0 Å². The van der Waals surface area contributed by atoms with Crippen LogP contribution in [0.15, 0.2) is 30.5 Å². The highest BCUT2D eigenvalue weighted by molar-refractivity contribution is 6.34. The summed E-state index contributed by atoms with van der Waals surface area (Å²) in [5.74, 6) is 0.717. The van der Waals surface area contributed by atoms with E-state index in [0.717, 1.165) is 0 Å². The summed E-state index contributed by atoms with van der Waals surface area (Å²) in [6.07, 6.45) is 1.28. The maximum Gasteiger partial charge on any atom is 0.220 e. The van der Waals surface area contributed by atoms with Gasteiger partial charge >= 0.3 is 0 Å². The molecule has 0 aliphatic heterocycles. The third-order valence-electron chi connectivity index (χ3n) is 2.31. The van der Waals surface area contributed by atoms with Gasteiger partial charge in [-0.3, -0.25) is 0 Å². The molecular weight excluding hydrogens is 273 g/mol. The monoisotopic (exact) mass is 283 g/mol. The molecule has 2 rings (SSSR count). The van der Waals surface area contributed by atoms with Crippen LogP contribution < -0.4 is 10.5 Å². The molecule has 0 amide bonds. The summed E-state index contributed by atoms with van der Waals surface area (Å²) in [6.45, 7) is 1.85. The van der Waals surface area contributed by atoms with E-state index in [9.17, 15) is 0 Å². The van der Waals surface area contributed by atoms with Gasteiger partial charge in [0.2, 0.25) is 5.95 Å². The molecule has 6 heteroatoms. The number of halogens is 2. The van der Waals surface area contributed by atoms with Gasteiger partial charge in [0.15, 0.2) is 0 Å². The lowest BCUT2D eigenvalue weighted by Gasteiger charge is -2.15. The van der Waals surface area contributed by atoms with Gasteiger partial charge in [0, 0.05) is 17.3 Å². The standard InChI is InChI=1S/C12H11Cl2N3O/c1-7(10-4-5-16-12(15)17-10)18-11-6-8(13)2-3-9(11)14/h2-7H,1H3,(H2,15,16,17). The minimum atomic E-state index is -0.300. The summed E-state index contributed by atoms with van der Waals surface area (Å²) in [6, 6.07) is 6.77. The maximum absolute atomic E-state index is 6.02. The zero-order valence-corrected chi connectivity index (χ0v) is 11.1. The molecule has 1 heterocycles. The minimum Gasteiger partial charge on any atom is -0.483 e. The van der Waals surface area contributed by atoms with Crippen LogP contribution in [0.1, 0.15) is 18.7 Å². The lowest BCUT2D eigenvalue weighted by Crippen LogP contribution is -2.07. The predicted octanol–water partition coefficient (Wildman–Crippen LogP) is 3.51. The largest absolute Gasteiger partial charge is 0.483 e. The van der Waals surface area contributed by atoms with E-state index in [4.69, 9.17) is 33.7 Å². The number of rotatable bonds is 3. The predicted molar refractivity (Wildman–Crippen MR) is 71.9 cm³/mol. The Morgan fingerprint density at radius 1 is 1.28 bits per heavy atom. The lowest BCUT2D eigenvalue weighted by molar-refractivity contribution is 0.222. The molecule has 1 aromatic heterocycles. The van der Waals surface area contributed by atoms with Gasteiger partial charge in [0.05, 0.1) is 10.7 Å². The zero-order chi connectivity index (χ0) is 13.1. The van der Waals surface area contributed by atoms with Crippen LogP contribution in [0.25, 0.3) is 0 Å². The van der Waals surface area contributed by atoms with Crippen LogP contribution in [0.4, 0.5) is 5.95 Å². The van der Waals surface area contributed by atoms with Gasteiger partial charge in [0.1, 0.15) is 11.9 Å². The van der Waals surface area contributed by atoms with Crippen molar-refractivity contribution in [3.8, 4) is 5.75 Å². The molecule has 1 unspecified atom stereocenters. The molecule has 18 heavy (non-hydrogen) atoms. The van der Waals surface area contributed by atoms with E-state index < -0.39 is 0 Å². The van der Waals surface area contributed by atoms with Crippen molar-refractivity contribution in [3.05, 3.63) is 46.2 Å². The molecule has 0 aliphatic carbocycles. The van der Waals surface area contributed by atoms with Crippen molar-refractivity contribution in [1.82, 2.24) is 9.97 Å². The number of ether oxygens (including phenoxy) is 1. The van der Waals surface area contributed by atoms with E-state index in [1.165, 1.54) is 0 Å². The first-order valence-electron chi connectivity index (χ1n) is 5.26. The Morgan fingerprint density at radius 2 is 2.06 bits per heavy atom.